The number of hydrogen-bond acceptors (Lipinski definition) is 6. The van der Waals surface area contributed by atoms with Gasteiger partial charge >= 0.3 is 5.69 Å². The molecule has 0 saturated carbocycles. The Kier molecular flexibility index (Phi) is 8.43. The quantitative estimate of drug-likeness (QED) is 0.272. The molecule has 0 saturated heterocycles. The molecule has 9 heteroatoms. The molecule has 3 rings (SSSR count). The second-order valence-corrected chi connectivity index (χ2v) is 11.7. The summed E-state index contributed by atoms with van der Waals surface area (Å²) in [6.45, 7) is 14.3. The molecule has 0 aliphatic carbocycles. The Morgan fingerprint density at radius 2 is 1.64 bits per heavy atom. The molecule has 0 spiro atoms. The Morgan fingerprint density at radius 1 is 1.00 bits per heavy atom. The number of nitrogens with zero attached hydrogens (tertiary/aromatic N) is 2. The molecule has 2 amide bonds. The lowest BCUT2D eigenvalue weighted by molar-refractivity contribution is -0.385. The van der Waals surface area contributed by atoms with E-state index >= 15 is 0 Å². The van der Waals surface area contributed by atoms with Gasteiger partial charge in [-0.15, -0.1) is 0 Å². The van der Waals surface area contributed by atoms with Gasteiger partial charge in [-0.05, 0) is 53.1 Å². The van der Waals surface area contributed by atoms with Crippen molar-refractivity contribution in [3.8, 4) is 16.9 Å². The van der Waals surface area contributed by atoms with E-state index in [4.69, 9.17) is 4.74 Å². The predicted octanol–water partition coefficient (Wildman–Crippen LogP) is 6.30. The smallest absolute Gasteiger partial charge is 0.312 e. The van der Waals surface area contributed by atoms with Gasteiger partial charge in [0.25, 0.3) is 11.8 Å². The van der Waals surface area contributed by atoms with Gasteiger partial charge in [-0.1, -0.05) is 53.7 Å². The molecule has 0 bridgehead atoms. The number of benzene rings is 2. The van der Waals surface area contributed by atoms with Crippen LogP contribution in [0.2, 0.25) is 0 Å². The lowest BCUT2D eigenvalue weighted by Gasteiger charge is -2.21. The van der Waals surface area contributed by atoms with Gasteiger partial charge in [0.05, 0.1) is 29.5 Å². The molecule has 0 radical (unpaired) electrons. The van der Waals surface area contributed by atoms with E-state index in [2.05, 4.69) is 36.4 Å². The summed E-state index contributed by atoms with van der Waals surface area (Å²) in [6.07, 6.45) is 1.53. The number of nitro benzene ring substituents is 1. The van der Waals surface area contributed by atoms with Gasteiger partial charge in [0.2, 0.25) is 5.75 Å². The van der Waals surface area contributed by atoms with Crippen molar-refractivity contribution >= 4 is 23.2 Å². The van der Waals surface area contributed by atoms with Crippen LogP contribution in [0.25, 0.3) is 11.1 Å². The van der Waals surface area contributed by atoms with Crippen LogP contribution in [0, 0.1) is 22.5 Å². The molecule has 0 atom stereocenters. The van der Waals surface area contributed by atoms with E-state index in [1.807, 2.05) is 39.8 Å². The number of methoxy groups -OCH3 is 1. The van der Waals surface area contributed by atoms with E-state index in [1.54, 1.807) is 24.3 Å². The highest BCUT2D eigenvalue weighted by Crippen LogP contribution is 2.37. The van der Waals surface area contributed by atoms with Crippen LogP contribution in [0.4, 0.5) is 11.4 Å². The molecule has 206 valence electrons. The van der Waals surface area contributed by atoms with Crippen LogP contribution in [0.3, 0.4) is 0 Å². The molecule has 9 nitrogen and oxygen atoms in total. The summed E-state index contributed by atoms with van der Waals surface area (Å²) in [5.74, 6) is -0.803. The standard InChI is InChI=1S/C30H36N4O5/c1-18-23(19-9-11-20(12-10-19)27(35)32-17-29(2,3)4)15-22(16-31-18)33-28(36)24-13-21(30(5,6)7)14-25(34(37)38)26(24)39-8/h9-16H,17H2,1-8H3,(H,32,35)(H,33,36). The monoisotopic (exact) mass is 532 g/mol. The zero-order chi connectivity index (χ0) is 29.1. The normalized spacial score (nSPS) is 11.6. The van der Waals surface area contributed by atoms with E-state index in [1.165, 1.54) is 19.4 Å². The van der Waals surface area contributed by atoms with Crippen LogP contribution in [0.15, 0.2) is 48.7 Å². The highest BCUT2D eigenvalue weighted by atomic mass is 16.6. The summed E-state index contributed by atoms with van der Waals surface area (Å²) in [4.78, 5) is 41.5. The van der Waals surface area contributed by atoms with E-state index in [0.717, 1.165) is 16.8 Å². The number of amides is 2. The largest absolute Gasteiger partial charge is 0.490 e. The molecule has 3 aromatic rings. The fourth-order valence-corrected chi connectivity index (χ4v) is 3.91. The number of carbonyl (C=O) groups excluding carboxylic acids is 2. The van der Waals surface area contributed by atoms with Gasteiger partial charge < -0.3 is 15.4 Å². The molecule has 1 aromatic heterocycles. The first-order chi connectivity index (χ1) is 18.1. The van der Waals surface area contributed by atoms with Crippen molar-refractivity contribution in [3.05, 3.63) is 81.2 Å². The third-order valence-corrected chi connectivity index (χ3v) is 6.16. The second kappa shape index (κ2) is 11.2. The number of nitrogens with one attached hydrogen (secondary N) is 2. The minimum absolute atomic E-state index is 0.0216. The molecule has 1 heterocycles. The first-order valence-electron chi connectivity index (χ1n) is 12.6. The Morgan fingerprint density at radius 3 is 2.18 bits per heavy atom. The maximum Gasteiger partial charge on any atom is 0.312 e. The summed E-state index contributed by atoms with van der Waals surface area (Å²) < 4.78 is 5.29. The molecule has 0 aliphatic rings. The highest BCUT2D eigenvalue weighted by Gasteiger charge is 2.28. The van der Waals surface area contributed by atoms with Crippen LogP contribution < -0.4 is 15.4 Å². The minimum atomic E-state index is -0.552. The summed E-state index contributed by atoms with van der Waals surface area (Å²) in [6, 6.07) is 12.0. The number of pyridine rings is 1. The van der Waals surface area contributed by atoms with Crippen LogP contribution in [-0.4, -0.2) is 35.4 Å². The molecule has 39 heavy (non-hydrogen) atoms. The van der Waals surface area contributed by atoms with Gasteiger partial charge in [0.1, 0.15) is 0 Å². The number of carbonyl (C=O) groups is 2. The van der Waals surface area contributed by atoms with E-state index in [9.17, 15) is 19.7 Å². The second-order valence-electron chi connectivity index (χ2n) is 11.7. The number of aromatic nitrogens is 1. The molecular weight excluding hydrogens is 496 g/mol. The van der Waals surface area contributed by atoms with Crippen LogP contribution >= 0.6 is 0 Å². The van der Waals surface area contributed by atoms with Crippen molar-refractivity contribution in [1.29, 1.82) is 0 Å². The van der Waals surface area contributed by atoms with Gasteiger partial charge in [-0.3, -0.25) is 24.7 Å². The third-order valence-electron chi connectivity index (χ3n) is 6.16. The van der Waals surface area contributed by atoms with E-state index in [0.29, 0.717) is 23.4 Å². The Bertz CT molecular complexity index is 1400. The van der Waals surface area contributed by atoms with Crippen molar-refractivity contribution in [2.75, 3.05) is 19.0 Å². The average molecular weight is 533 g/mol. The first kappa shape index (κ1) is 29.3. The molecule has 2 N–H and O–H groups in total. The number of nitro groups is 1. The fraction of sp³-hybridized carbons (Fsp3) is 0.367. The van der Waals surface area contributed by atoms with E-state index in [-0.39, 0.29) is 28.3 Å². The molecule has 0 aliphatic heterocycles. The number of aryl methyl sites for hydroxylation is 1. The number of rotatable bonds is 7. The SMILES string of the molecule is COc1c(C(=O)Nc2cnc(C)c(-c3ccc(C(=O)NCC(C)(C)C)cc3)c2)cc(C(C)(C)C)cc1[N+](=O)[O-]. The minimum Gasteiger partial charge on any atom is -0.490 e. The number of hydrogen-bond donors (Lipinski definition) is 2. The van der Waals surface area contributed by atoms with Crippen molar-refractivity contribution in [2.24, 2.45) is 5.41 Å². The van der Waals surface area contributed by atoms with Gasteiger partial charge in [-0.2, -0.15) is 0 Å². The zero-order valence-electron chi connectivity index (χ0n) is 23.8. The lowest BCUT2D eigenvalue weighted by atomic mass is 9.85. The van der Waals surface area contributed by atoms with Crippen LogP contribution in [0.1, 0.15) is 73.5 Å². The van der Waals surface area contributed by atoms with Crippen LogP contribution in [0.5, 0.6) is 5.75 Å². The molecule has 0 fully saturated rings. The van der Waals surface area contributed by atoms with Crippen molar-refractivity contribution in [3.63, 3.8) is 0 Å². The maximum atomic E-state index is 13.3. The van der Waals surface area contributed by atoms with Crippen molar-refractivity contribution in [2.45, 2.75) is 53.9 Å². The Balaban J connectivity index is 1.91. The average Bonchev–Trinajstić information content (AvgIpc) is 2.86. The summed E-state index contributed by atoms with van der Waals surface area (Å²) in [7, 11) is 1.30. The lowest BCUT2D eigenvalue weighted by Crippen LogP contribution is -2.32. The van der Waals surface area contributed by atoms with E-state index < -0.39 is 16.2 Å². The fourth-order valence-electron chi connectivity index (χ4n) is 3.91. The topological polar surface area (TPSA) is 123 Å². The zero-order valence-corrected chi connectivity index (χ0v) is 23.8. The summed E-state index contributed by atoms with van der Waals surface area (Å²) in [5, 5.41) is 17.5. The maximum absolute atomic E-state index is 13.3. The summed E-state index contributed by atoms with van der Waals surface area (Å²) in [5.41, 5.74) is 3.27. The third kappa shape index (κ3) is 7.19. The van der Waals surface area contributed by atoms with Gasteiger partial charge in [-0.25, -0.2) is 0 Å². The highest BCUT2D eigenvalue weighted by molar-refractivity contribution is 6.07. The van der Waals surface area contributed by atoms with Crippen molar-refractivity contribution < 1.29 is 19.2 Å². The number of ether oxygens (including phenoxy) is 1. The molecule has 2 aromatic carbocycles. The summed E-state index contributed by atoms with van der Waals surface area (Å²) >= 11 is 0. The first-order valence-corrected chi connectivity index (χ1v) is 12.6. The Hall–Kier alpha value is -4.27. The Labute approximate surface area is 229 Å². The molecular formula is C30H36N4O5. The predicted molar refractivity (Wildman–Crippen MR) is 152 cm³/mol. The van der Waals surface area contributed by atoms with Gasteiger partial charge in [0.15, 0.2) is 0 Å². The number of anilines is 1. The van der Waals surface area contributed by atoms with Crippen LogP contribution in [-0.2, 0) is 5.41 Å². The van der Waals surface area contributed by atoms with Crippen molar-refractivity contribution in [1.82, 2.24) is 10.3 Å². The molecule has 0 unspecified atom stereocenters. The van der Waals surface area contributed by atoms with Gasteiger partial charge in [0, 0.05) is 29.4 Å².